The zero-order valence-corrected chi connectivity index (χ0v) is 22.4. The number of aromatic nitrogens is 2. The molecular weight excluding hydrogens is 468 g/mol. The van der Waals surface area contributed by atoms with Crippen LogP contribution in [-0.2, 0) is 0 Å². The lowest BCUT2D eigenvalue weighted by Crippen LogP contribution is -2.25. The Morgan fingerprint density at radius 1 is 1.25 bits per heavy atom. The van der Waals surface area contributed by atoms with Gasteiger partial charge in [-0.1, -0.05) is 57.2 Å². The molecule has 190 valence electrons. The maximum atomic E-state index is 11.6. The van der Waals surface area contributed by atoms with E-state index in [-0.39, 0.29) is 0 Å². The van der Waals surface area contributed by atoms with Gasteiger partial charge in [0.05, 0.1) is 5.69 Å². The SMILES string of the molecule is C=C(/C=C(\N=C/C)Nc1nc2ccc(-c3cccc(C(N)=O)c3)nc2s1)N(CCC)CCC(C)CC. The number of pyridine rings is 1. The molecule has 3 rings (SSSR count). The van der Waals surface area contributed by atoms with Gasteiger partial charge in [0.2, 0.25) is 5.91 Å². The van der Waals surface area contributed by atoms with Gasteiger partial charge in [-0.2, -0.15) is 0 Å². The van der Waals surface area contributed by atoms with E-state index in [2.05, 4.69) is 47.5 Å². The molecule has 0 saturated carbocycles. The summed E-state index contributed by atoms with van der Waals surface area (Å²) in [5, 5.41) is 4.04. The minimum absolute atomic E-state index is 0.453. The van der Waals surface area contributed by atoms with E-state index in [1.165, 1.54) is 17.8 Å². The number of fused-ring (bicyclic) bond motifs is 1. The Morgan fingerprint density at radius 2 is 2.06 bits per heavy atom. The number of rotatable bonds is 13. The van der Waals surface area contributed by atoms with Crippen LogP contribution in [0, 0.1) is 5.92 Å². The highest BCUT2D eigenvalue weighted by atomic mass is 32.1. The number of nitrogens with one attached hydrogen (secondary N) is 1. The Balaban J connectivity index is 1.82. The van der Waals surface area contributed by atoms with Gasteiger partial charge in [-0.15, -0.1) is 0 Å². The van der Waals surface area contributed by atoms with Crippen molar-refractivity contribution in [1.82, 2.24) is 14.9 Å². The van der Waals surface area contributed by atoms with Crippen molar-refractivity contribution in [1.29, 1.82) is 0 Å². The number of aliphatic imine (C=N–C) groups is 1. The first kappa shape index (κ1) is 27.1. The topological polar surface area (TPSA) is 96.5 Å². The van der Waals surface area contributed by atoms with E-state index in [9.17, 15) is 4.79 Å². The first-order valence-electron chi connectivity index (χ1n) is 12.4. The highest BCUT2D eigenvalue weighted by Crippen LogP contribution is 2.29. The number of thiazole rings is 1. The molecule has 0 spiro atoms. The molecule has 2 aromatic heterocycles. The third-order valence-corrected chi connectivity index (χ3v) is 6.87. The van der Waals surface area contributed by atoms with Crippen molar-refractivity contribution in [2.75, 3.05) is 18.4 Å². The third kappa shape index (κ3) is 7.24. The van der Waals surface area contributed by atoms with E-state index in [4.69, 9.17) is 10.7 Å². The molecule has 1 aromatic carbocycles. The standard InChI is InChI=1S/C28H36N6OS/c1-6-15-34(16-14-19(4)7-2)20(5)17-25(30-8-3)33-28-32-24-13-12-23(31-27(24)36-28)21-10-9-11-22(18-21)26(29)35/h8-13,17-19H,5-7,14-16H2,1-4H3,(H2,29,35)(H,32,33)/b25-17+,30-8-. The number of hydrogen-bond acceptors (Lipinski definition) is 7. The molecule has 0 fully saturated rings. The number of primary amides is 1. The van der Waals surface area contributed by atoms with Gasteiger partial charge in [0.1, 0.15) is 16.2 Å². The first-order valence-corrected chi connectivity index (χ1v) is 13.2. The summed E-state index contributed by atoms with van der Waals surface area (Å²) in [4.78, 5) is 28.6. The molecule has 3 aromatic rings. The fraction of sp³-hybridized carbons (Fsp3) is 0.357. The van der Waals surface area contributed by atoms with Gasteiger partial charge in [0, 0.05) is 42.2 Å². The van der Waals surface area contributed by atoms with Crippen molar-refractivity contribution >= 4 is 38.9 Å². The minimum Gasteiger partial charge on any atom is -0.372 e. The van der Waals surface area contributed by atoms with Gasteiger partial charge in [-0.05, 0) is 49.9 Å². The highest BCUT2D eigenvalue weighted by molar-refractivity contribution is 7.21. The quantitative estimate of drug-likeness (QED) is 0.206. The molecule has 0 aliphatic rings. The number of allylic oxidation sites excluding steroid dienone is 1. The Labute approximate surface area is 217 Å². The summed E-state index contributed by atoms with van der Waals surface area (Å²) in [7, 11) is 0. The van der Waals surface area contributed by atoms with E-state index in [0.717, 1.165) is 53.2 Å². The number of nitrogens with two attached hydrogens (primary N) is 1. The van der Waals surface area contributed by atoms with Gasteiger partial charge in [-0.25, -0.2) is 15.0 Å². The number of carbonyl (C=O) groups is 1. The third-order valence-electron chi connectivity index (χ3n) is 5.99. The lowest BCUT2D eigenvalue weighted by molar-refractivity contribution is 0.100. The van der Waals surface area contributed by atoms with Crippen LogP contribution in [0.5, 0.6) is 0 Å². The van der Waals surface area contributed by atoms with Crippen molar-refractivity contribution in [3.05, 3.63) is 66.1 Å². The average Bonchev–Trinajstić information content (AvgIpc) is 3.27. The Kier molecular flexibility index (Phi) is 9.76. The zero-order valence-electron chi connectivity index (χ0n) is 21.6. The second-order valence-electron chi connectivity index (χ2n) is 8.81. The summed E-state index contributed by atoms with van der Waals surface area (Å²) in [6.07, 6.45) is 7.11. The number of anilines is 1. The van der Waals surface area contributed by atoms with Crippen LogP contribution in [0.1, 0.15) is 57.3 Å². The summed E-state index contributed by atoms with van der Waals surface area (Å²) in [5.74, 6) is 0.906. The second-order valence-corrected chi connectivity index (χ2v) is 9.78. The van der Waals surface area contributed by atoms with Crippen molar-refractivity contribution in [2.24, 2.45) is 16.6 Å². The molecule has 0 saturated heterocycles. The lowest BCUT2D eigenvalue weighted by Gasteiger charge is -2.26. The molecule has 2 heterocycles. The van der Waals surface area contributed by atoms with Gasteiger partial charge in [-0.3, -0.25) is 4.79 Å². The molecule has 8 heteroatoms. The van der Waals surface area contributed by atoms with Crippen LogP contribution >= 0.6 is 11.3 Å². The van der Waals surface area contributed by atoms with Crippen molar-refractivity contribution < 1.29 is 4.79 Å². The molecular formula is C28H36N6OS. The molecule has 1 atom stereocenters. The normalized spacial score (nSPS) is 12.7. The number of benzene rings is 1. The van der Waals surface area contributed by atoms with E-state index in [1.807, 2.05) is 31.2 Å². The summed E-state index contributed by atoms with van der Waals surface area (Å²) in [6.45, 7) is 14.8. The van der Waals surface area contributed by atoms with Crippen LogP contribution < -0.4 is 11.1 Å². The first-order chi connectivity index (χ1) is 17.3. The van der Waals surface area contributed by atoms with Crippen LogP contribution in [0.15, 0.2) is 65.6 Å². The van der Waals surface area contributed by atoms with Crippen LogP contribution in [0.3, 0.4) is 0 Å². The molecule has 1 amide bonds. The van der Waals surface area contributed by atoms with Gasteiger partial charge < -0.3 is 16.0 Å². The summed E-state index contributed by atoms with van der Waals surface area (Å²) in [6, 6.07) is 11.0. The number of nitrogens with zero attached hydrogens (tertiary/aromatic N) is 4. The van der Waals surface area contributed by atoms with Crippen molar-refractivity contribution in [3.63, 3.8) is 0 Å². The zero-order chi connectivity index (χ0) is 26.1. The number of carbonyl (C=O) groups excluding carboxylic acids is 1. The Bertz CT molecular complexity index is 1260. The van der Waals surface area contributed by atoms with Gasteiger partial charge >= 0.3 is 0 Å². The van der Waals surface area contributed by atoms with Gasteiger partial charge in [0.25, 0.3) is 0 Å². The minimum atomic E-state index is -0.461. The second kappa shape index (κ2) is 13.0. The molecule has 7 nitrogen and oxygen atoms in total. The van der Waals surface area contributed by atoms with Crippen molar-refractivity contribution in [3.8, 4) is 11.3 Å². The summed E-state index contributed by atoms with van der Waals surface area (Å²) >= 11 is 1.45. The maximum absolute atomic E-state index is 11.6. The molecule has 0 aliphatic heterocycles. The largest absolute Gasteiger partial charge is 0.372 e. The predicted octanol–water partition coefficient (Wildman–Crippen LogP) is 6.46. The maximum Gasteiger partial charge on any atom is 0.248 e. The van der Waals surface area contributed by atoms with E-state index in [1.54, 1.807) is 24.4 Å². The molecule has 0 bridgehead atoms. The molecule has 3 N–H and O–H groups in total. The predicted molar refractivity (Wildman–Crippen MR) is 152 cm³/mol. The van der Waals surface area contributed by atoms with Crippen LogP contribution in [0.4, 0.5) is 5.13 Å². The lowest BCUT2D eigenvalue weighted by atomic mass is 10.0. The fourth-order valence-electron chi connectivity index (χ4n) is 3.72. The van der Waals surface area contributed by atoms with Crippen LogP contribution in [0.2, 0.25) is 0 Å². The molecule has 36 heavy (non-hydrogen) atoms. The van der Waals surface area contributed by atoms with Crippen LogP contribution in [0.25, 0.3) is 21.6 Å². The Hall–Kier alpha value is -3.52. The summed E-state index contributed by atoms with van der Waals surface area (Å²) in [5.41, 5.74) is 9.19. The monoisotopic (exact) mass is 504 g/mol. The van der Waals surface area contributed by atoms with Crippen molar-refractivity contribution in [2.45, 2.75) is 47.0 Å². The average molecular weight is 505 g/mol. The van der Waals surface area contributed by atoms with E-state index in [0.29, 0.717) is 22.4 Å². The molecule has 0 radical (unpaired) electrons. The smallest absolute Gasteiger partial charge is 0.248 e. The summed E-state index contributed by atoms with van der Waals surface area (Å²) < 4.78 is 0. The molecule has 1 unspecified atom stereocenters. The Morgan fingerprint density at radius 3 is 2.75 bits per heavy atom. The number of hydrogen-bond donors (Lipinski definition) is 2. The molecule has 0 aliphatic carbocycles. The highest BCUT2D eigenvalue weighted by Gasteiger charge is 2.12. The van der Waals surface area contributed by atoms with Gasteiger partial charge in [0.15, 0.2) is 5.13 Å². The van der Waals surface area contributed by atoms with Crippen LogP contribution in [-0.4, -0.2) is 40.1 Å². The van der Waals surface area contributed by atoms with E-state index < -0.39 is 5.91 Å². The van der Waals surface area contributed by atoms with E-state index >= 15 is 0 Å². The fourth-order valence-corrected chi connectivity index (χ4v) is 4.56. The number of amides is 1.